The van der Waals surface area contributed by atoms with Gasteiger partial charge in [0.25, 0.3) is 5.91 Å². The number of halogens is 2. The van der Waals surface area contributed by atoms with Gasteiger partial charge in [-0.1, -0.05) is 25.4 Å². The van der Waals surface area contributed by atoms with Crippen molar-refractivity contribution in [3.63, 3.8) is 0 Å². The van der Waals surface area contributed by atoms with E-state index in [1.165, 1.54) is 24.3 Å². The molecule has 0 bridgehead atoms. The fourth-order valence-corrected chi connectivity index (χ4v) is 3.02. The van der Waals surface area contributed by atoms with E-state index >= 15 is 0 Å². The molecule has 2 aromatic rings. The average molecular weight is 400 g/mol. The van der Waals surface area contributed by atoms with Gasteiger partial charge in [-0.2, -0.15) is 5.26 Å². The van der Waals surface area contributed by atoms with Gasteiger partial charge in [0, 0.05) is 17.5 Å². The normalized spacial score (nSPS) is 16.1. The molecule has 2 aromatic carbocycles. The summed E-state index contributed by atoms with van der Waals surface area (Å²) in [5.41, 5.74) is 0.946. The highest BCUT2D eigenvalue weighted by atomic mass is 35.5. The number of carbonyl (C=O) groups is 1. The summed E-state index contributed by atoms with van der Waals surface area (Å²) in [5, 5.41) is 12.1. The molecule has 1 atom stereocenters. The minimum Gasteiger partial charge on any atom is -0.475 e. The van der Waals surface area contributed by atoms with Gasteiger partial charge in [0.05, 0.1) is 28.3 Å². The second-order valence-electron chi connectivity index (χ2n) is 7.25. The van der Waals surface area contributed by atoms with Crippen molar-refractivity contribution >= 4 is 23.4 Å². The summed E-state index contributed by atoms with van der Waals surface area (Å²) in [6.45, 7) is 4.67. The summed E-state index contributed by atoms with van der Waals surface area (Å²) >= 11 is 6.08. The van der Waals surface area contributed by atoms with Crippen LogP contribution in [-0.4, -0.2) is 31.0 Å². The monoisotopic (exact) mass is 399 g/mol. The Hall–Kier alpha value is -2.91. The van der Waals surface area contributed by atoms with E-state index in [1.807, 2.05) is 19.9 Å². The fraction of sp³-hybridized carbons (Fsp3) is 0.286. The quantitative estimate of drug-likeness (QED) is 0.827. The van der Waals surface area contributed by atoms with Crippen molar-refractivity contribution < 1.29 is 13.9 Å². The summed E-state index contributed by atoms with van der Waals surface area (Å²) in [7, 11) is 0. The molecule has 0 aromatic heterocycles. The lowest BCUT2D eigenvalue weighted by atomic mass is 9.85. The topological polar surface area (TPSA) is 74.5 Å². The van der Waals surface area contributed by atoms with Crippen molar-refractivity contribution in [2.24, 2.45) is 10.4 Å². The number of benzene rings is 2. The highest BCUT2D eigenvalue weighted by Gasteiger charge is 2.35. The van der Waals surface area contributed by atoms with E-state index in [0.717, 1.165) is 0 Å². The van der Waals surface area contributed by atoms with Gasteiger partial charge >= 0.3 is 0 Å². The molecule has 144 valence electrons. The molecule has 0 radical (unpaired) electrons. The van der Waals surface area contributed by atoms with Crippen molar-refractivity contribution in [1.82, 2.24) is 5.32 Å². The minimum absolute atomic E-state index is 0.172. The predicted octanol–water partition coefficient (Wildman–Crippen LogP) is 3.95. The molecule has 0 fully saturated rings. The van der Waals surface area contributed by atoms with Crippen LogP contribution in [0.1, 0.15) is 35.3 Å². The molecule has 1 aliphatic rings. The number of rotatable bonds is 5. The van der Waals surface area contributed by atoms with E-state index in [2.05, 4.69) is 10.3 Å². The first-order valence-electron chi connectivity index (χ1n) is 8.74. The first-order valence-corrected chi connectivity index (χ1v) is 9.12. The molecule has 1 N–H and O–H groups in total. The van der Waals surface area contributed by atoms with Gasteiger partial charge in [0.15, 0.2) is 0 Å². The molecule has 1 amide bonds. The van der Waals surface area contributed by atoms with Gasteiger partial charge < -0.3 is 10.1 Å². The number of hydrogen-bond acceptors (Lipinski definition) is 4. The first-order chi connectivity index (χ1) is 13.3. The van der Waals surface area contributed by atoms with Crippen molar-refractivity contribution in [2.45, 2.75) is 19.9 Å². The molecule has 0 saturated carbocycles. The molecule has 0 spiro atoms. The van der Waals surface area contributed by atoms with Crippen LogP contribution >= 0.6 is 11.6 Å². The van der Waals surface area contributed by atoms with Gasteiger partial charge in [-0.15, -0.1) is 0 Å². The largest absolute Gasteiger partial charge is 0.475 e. The second-order valence-corrected chi connectivity index (χ2v) is 7.65. The summed E-state index contributed by atoms with van der Waals surface area (Å²) < 4.78 is 18.8. The van der Waals surface area contributed by atoms with Crippen LogP contribution in [0.4, 0.5) is 4.39 Å². The molecule has 0 saturated heterocycles. The highest BCUT2D eigenvalue weighted by molar-refractivity contribution is 6.33. The molecule has 0 aliphatic carbocycles. The summed E-state index contributed by atoms with van der Waals surface area (Å²) in [6.07, 6.45) is 0. The predicted molar refractivity (Wildman–Crippen MR) is 105 cm³/mol. The van der Waals surface area contributed by atoms with Crippen LogP contribution in [-0.2, 0) is 4.74 Å². The Kier molecular flexibility index (Phi) is 5.66. The maximum absolute atomic E-state index is 13.1. The van der Waals surface area contributed by atoms with E-state index in [9.17, 15) is 9.18 Å². The van der Waals surface area contributed by atoms with Crippen molar-refractivity contribution in [2.75, 3.05) is 13.2 Å². The number of hydrogen-bond donors (Lipinski definition) is 1. The highest BCUT2D eigenvalue weighted by Crippen LogP contribution is 2.28. The molecule has 28 heavy (non-hydrogen) atoms. The molecular weight excluding hydrogens is 381 g/mol. The Bertz CT molecular complexity index is 965. The van der Waals surface area contributed by atoms with Crippen molar-refractivity contribution in [1.29, 1.82) is 5.26 Å². The van der Waals surface area contributed by atoms with Gasteiger partial charge in [-0.25, -0.2) is 9.38 Å². The number of nitrogens with zero attached hydrogens (tertiary/aromatic N) is 2. The molecule has 5 nitrogen and oxygen atoms in total. The molecule has 3 rings (SSSR count). The van der Waals surface area contributed by atoms with Gasteiger partial charge in [0.1, 0.15) is 12.4 Å². The van der Waals surface area contributed by atoms with Crippen LogP contribution in [0.15, 0.2) is 47.5 Å². The Morgan fingerprint density at radius 1 is 1.36 bits per heavy atom. The summed E-state index contributed by atoms with van der Waals surface area (Å²) in [6, 6.07) is 12.3. The van der Waals surface area contributed by atoms with E-state index in [1.54, 1.807) is 18.2 Å². The average Bonchev–Trinajstić information content (AvgIpc) is 3.18. The Labute approximate surface area is 167 Å². The van der Waals surface area contributed by atoms with E-state index in [0.29, 0.717) is 30.2 Å². The molecular formula is C21H19ClFN3O2. The Balaban J connectivity index is 1.68. The molecule has 1 unspecified atom stereocenters. The van der Waals surface area contributed by atoms with Crippen LogP contribution in [0.2, 0.25) is 5.02 Å². The van der Waals surface area contributed by atoms with Gasteiger partial charge in [-0.05, 0) is 42.5 Å². The zero-order chi connectivity index (χ0) is 20.3. The number of aliphatic imine (C=N–C) groups is 1. The van der Waals surface area contributed by atoms with E-state index in [4.69, 9.17) is 21.6 Å². The third kappa shape index (κ3) is 4.32. The van der Waals surface area contributed by atoms with E-state index in [-0.39, 0.29) is 28.4 Å². The zero-order valence-electron chi connectivity index (χ0n) is 15.5. The maximum Gasteiger partial charge on any atom is 0.252 e. The maximum atomic E-state index is 13.1. The lowest BCUT2D eigenvalue weighted by molar-refractivity contribution is 0.0927. The van der Waals surface area contributed by atoms with Crippen LogP contribution in [0.25, 0.3) is 0 Å². The number of amides is 1. The zero-order valence-corrected chi connectivity index (χ0v) is 16.3. The van der Waals surface area contributed by atoms with Gasteiger partial charge in [-0.3, -0.25) is 4.79 Å². The van der Waals surface area contributed by atoms with Gasteiger partial charge in [0.2, 0.25) is 5.90 Å². The minimum atomic E-state index is -0.392. The first kappa shape index (κ1) is 19.8. The summed E-state index contributed by atoms with van der Waals surface area (Å²) in [5.74, 6) is -0.202. The molecule has 1 aliphatic heterocycles. The third-order valence-electron chi connectivity index (χ3n) is 4.69. The van der Waals surface area contributed by atoms with Crippen molar-refractivity contribution in [3.05, 3.63) is 70.0 Å². The van der Waals surface area contributed by atoms with Crippen LogP contribution in [0.5, 0.6) is 0 Å². The fourth-order valence-electron chi connectivity index (χ4n) is 2.81. The summed E-state index contributed by atoms with van der Waals surface area (Å²) in [4.78, 5) is 17.1. The second kappa shape index (κ2) is 7.99. The number of carbonyl (C=O) groups excluding carboxylic acids is 1. The number of ether oxygens (including phenoxy) is 1. The van der Waals surface area contributed by atoms with E-state index < -0.39 is 5.41 Å². The molecule has 1 heterocycles. The lowest BCUT2D eigenvalue weighted by Crippen LogP contribution is -2.41. The van der Waals surface area contributed by atoms with Crippen LogP contribution < -0.4 is 5.32 Å². The SMILES string of the molecule is CC(C)(CNC(=O)c1cc(C#N)ccc1Cl)C1COC(c2ccc(F)cc2)=N1. The number of nitriles is 1. The lowest BCUT2D eigenvalue weighted by Gasteiger charge is -2.28. The Morgan fingerprint density at radius 2 is 2.07 bits per heavy atom. The van der Waals surface area contributed by atoms with Crippen molar-refractivity contribution in [3.8, 4) is 6.07 Å². The standard InChI is InChI=1S/C21H19ClFN3O2/c1-21(2,12-25-19(27)16-9-13(10-24)3-8-17(16)22)18-11-28-20(26-18)14-4-6-15(23)7-5-14/h3-9,18H,11-12H2,1-2H3,(H,25,27). The van der Waals surface area contributed by atoms with Crippen LogP contribution in [0, 0.1) is 22.6 Å². The smallest absolute Gasteiger partial charge is 0.252 e. The van der Waals surface area contributed by atoms with Crippen LogP contribution in [0.3, 0.4) is 0 Å². The number of nitrogens with one attached hydrogen (secondary N) is 1. The third-order valence-corrected chi connectivity index (χ3v) is 5.02. The molecule has 7 heteroatoms. The Morgan fingerprint density at radius 3 is 2.75 bits per heavy atom.